The third kappa shape index (κ3) is 22.0. The van der Waals surface area contributed by atoms with Gasteiger partial charge in [-0.2, -0.15) is 0 Å². The Morgan fingerprint density at radius 1 is 0.348 bits per heavy atom. The van der Waals surface area contributed by atoms with Crippen LogP contribution >= 0.6 is 0 Å². The zero-order chi connectivity index (χ0) is 16.8. The van der Waals surface area contributed by atoms with Gasteiger partial charge in [-0.25, -0.2) is 0 Å². The van der Waals surface area contributed by atoms with Gasteiger partial charge in [-0.1, -0.05) is 122 Å². The van der Waals surface area contributed by atoms with Gasteiger partial charge in [-0.3, -0.25) is 0 Å². The fourth-order valence-electron chi connectivity index (χ4n) is 3.43. The van der Waals surface area contributed by atoms with Gasteiger partial charge in [-0.15, -0.1) is 0 Å². The molecule has 0 fully saturated rings. The van der Waals surface area contributed by atoms with Crippen molar-refractivity contribution in [1.82, 2.24) is 0 Å². The van der Waals surface area contributed by atoms with E-state index in [1.165, 1.54) is 128 Å². The second kappa shape index (κ2) is 22.0. The second-order valence-electron chi connectivity index (χ2n) is 7.57. The van der Waals surface area contributed by atoms with Gasteiger partial charge in [0.2, 0.25) is 0 Å². The summed E-state index contributed by atoms with van der Waals surface area (Å²) in [5, 5.41) is 0. The smallest absolute Gasteiger partial charge is 0.0739 e. The summed E-state index contributed by atoms with van der Waals surface area (Å²) in [6, 6.07) is 0. The zero-order valence-corrected chi connectivity index (χ0v) is 16.6. The van der Waals surface area contributed by atoms with Crippen LogP contribution in [-0.4, -0.2) is 6.54 Å². The second-order valence-corrected chi connectivity index (χ2v) is 7.57. The molecule has 140 valence electrons. The first-order valence-corrected chi connectivity index (χ1v) is 11.2. The molecule has 1 nitrogen and oxygen atoms in total. The monoisotopic (exact) mass is 326 g/mol. The maximum absolute atomic E-state index is 3.90. The van der Waals surface area contributed by atoms with Gasteiger partial charge in [0, 0.05) is 0 Å². The fraction of sp³-hybridized carbons (Fsp3) is 1.00. The van der Waals surface area contributed by atoms with Crippen LogP contribution < -0.4 is 5.73 Å². The minimum Gasteiger partial charge on any atom is -0.358 e. The first kappa shape index (κ1) is 23.0. The Morgan fingerprint density at radius 3 is 0.783 bits per heavy atom. The van der Waals surface area contributed by atoms with Crippen LogP contribution in [0.15, 0.2) is 0 Å². The fourth-order valence-corrected chi connectivity index (χ4v) is 3.43. The molecule has 0 unspecified atom stereocenters. The van der Waals surface area contributed by atoms with E-state index in [1.807, 2.05) is 0 Å². The lowest BCUT2D eigenvalue weighted by Crippen LogP contribution is -2.50. The number of rotatable bonds is 20. The Labute approximate surface area is 148 Å². The largest absolute Gasteiger partial charge is 0.358 e. The van der Waals surface area contributed by atoms with E-state index in [1.54, 1.807) is 0 Å². The zero-order valence-electron chi connectivity index (χ0n) is 16.6. The summed E-state index contributed by atoms with van der Waals surface area (Å²) >= 11 is 0. The van der Waals surface area contributed by atoms with Crippen molar-refractivity contribution in [3.05, 3.63) is 0 Å². The minimum absolute atomic E-state index is 1.12. The highest BCUT2D eigenvalue weighted by Crippen LogP contribution is 2.14. The van der Waals surface area contributed by atoms with E-state index < -0.39 is 0 Å². The third-order valence-corrected chi connectivity index (χ3v) is 5.10. The Bertz CT molecular complexity index is 170. The standard InChI is InChI=1S/C22H47N/c1-2-3-4-5-6-7-8-9-10-11-12-13-14-15-16-17-18-19-20-21-22-23/h2-23H2,1H3/p+1. The van der Waals surface area contributed by atoms with Crippen LogP contribution in [0.1, 0.15) is 135 Å². The first-order valence-electron chi connectivity index (χ1n) is 11.2. The molecule has 0 saturated carbocycles. The molecule has 0 aromatic rings. The van der Waals surface area contributed by atoms with Crippen molar-refractivity contribution < 1.29 is 5.73 Å². The predicted octanol–water partition coefficient (Wildman–Crippen LogP) is 7.05. The summed E-state index contributed by atoms with van der Waals surface area (Å²) in [4.78, 5) is 0. The van der Waals surface area contributed by atoms with Crippen LogP contribution in [0.4, 0.5) is 0 Å². The molecule has 0 aliphatic heterocycles. The highest BCUT2D eigenvalue weighted by molar-refractivity contribution is 4.50. The van der Waals surface area contributed by atoms with Crippen molar-refractivity contribution in [3.63, 3.8) is 0 Å². The van der Waals surface area contributed by atoms with Gasteiger partial charge >= 0.3 is 0 Å². The maximum atomic E-state index is 3.90. The summed E-state index contributed by atoms with van der Waals surface area (Å²) < 4.78 is 0. The van der Waals surface area contributed by atoms with Crippen LogP contribution in [0.3, 0.4) is 0 Å². The lowest BCUT2D eigenvalue weighted by Gasteiger charge is -2.03. The number of hydrogen-bond acceptors (Lipinski definition) is 0. The summed E-state index contributed by atoms with van der Waals surface area (Å²) in [7, 11) is 0. The quantitative estimate of drug-likeness (QED) is 0.232. The predicted molar refractivity (Wildman–Crippen MR) is 106 cm³/mol. The average Bonchev–Trinajstić information content (AvgIpc) is 2.57. The molecule has 3 N–H and O–H groups in total. The van der Waals surface area contributed by atoms with E-state index in [-0.39, 0.29) is 0 Å². The van der Waals surface area contributed by atoms with Crippen molar-refractivity contribution >= 4 is 0 Å². The van der Waals surface area contributed by atoms with Crippen LogP contribution in [0.2, 0.25) is 0 Å². The average molecular weight is 327 g/mol. The molecule has 0 spiro atoms. The topological polar surface area (TPSA) is 27.6 Å². The highest BCUT2D eigenvalue weighted by atomic mass is 14.5. The van der Waals surface area contributed by atoms with E-state index in [4.69, 9.17) is 0 Å². The van der Waals surface area contributed by atoms with Crippen LogP contribution in [0.25, 0.3) is 0 Å². The van der Waals surface area contributed by atoms with Crippen LogP contribution in [-0.2, 0) is 0 Å². The Kier molecular flexibility index (Phi) is 21.9. The summed E-state index contributed by atoms with van der Waals surface area (Å²) in [6.45, 7) is 3.42. The molecule has 0 amide bonds. The van der Waals surface area contributed by atoms with E-state index in [0.717, 1.165) is 6.54 Å². The van der Waals surface area contributed by atoms with E-state index >= 15 is 0 Å². The number of quaternary nitrogens is 1. The Balaban J connectivity index is 2.92. The van der Waals surface area contributed by atoms with E-state index in [0.29, 0.717) is 0 Å². The van der Waals surface area contributed by atoms with E-state index in [9.17, 15) is 0 Å². The summed E-state index contributed by atoms with van der Waals surface area (Å²) in [5.41, 5.74) is 3.90. The summed E-state index contributed by atoms with van der Waals surface area (Å²) in [5.74, 6) is 0. The SMILES string of the molecule is CCCCCCCCCCCCCCCCCCCCCC[NH3+]. The van der Waals surface area contributed by atoms with Gasteiger partial charge in [0.25, 0.3) is 0 Å². The molecule has 0 aliphatic carbocycles. The van der Waals surface area contributed by atoms with Crippen molar-refractivity contribution in [2.45, 2.75) is 135 Å². The molecule has 0 aromatic carbocycles. The lowest BCUT2D eigenvalue weighted by molar-refractivity contribution is -0.368. The molecule has 0 heterocycles. The third-order valence-electron chi connectivity index (χ3n) is 5.10. The molecule has 1 heteroatoms. The first-order chi connectivity index (χ1) is 11.4. The molecule has 23 heavy (non-hydrogen) atoms. The van der Waals surface area contributed by atoms with Crippen LogP contribution in [0.5, 0.6) is 0 Å². The summed E-state index contributed by atoms with van der Waals surface area (Å²) in [6.07, 6.45) is 29.2. The molecule has 0 bridgehead atoms. The number of hydrogen-bond donors (Lipinski definition) is 1. The molecule has 0 atom stereocenters. The van der Waals surface area contributed by atoms with Gasteiger partial charge in [0.05, 0.1) is 6.54 Å². The van der Waals surface area contributed by atoms with Gasteiger partial charge in [0.15, 0.2) is 0 Å². The molecular formula is C22H48N+. The normalized spacial score (nSPS) is 11.2. The van der Waals surface area contributed by atoms with Gasteiger partial charge < -0.3 is 5.73 Å². The highest BCUT2D eigenvalue weighted by Gasteiger charge is 1.95. The van der Waals surface area contributed by atoms with Crippen LogP contribution in [0, 0.1) is 0 Å². The van der Waals surface area contributed by atoms with Crippen molar-refractivity contribution in [2.75, 3.05) is 6.54 Å². The molecular weight excluding hydrogens is 278 g/mol. The van der Waals surface area contributed by atoms with Crippen molar-refractivity contribution in [3.8, 4) is 0 Å². The number of unbranched alkanes of at least 4 members (excludes halogenated alkanes) is 19. The molecule has 0 saturated heterocycles. The van der Waals surface area contributed by atoms with Gasteiger partial charge in [-0.05, 0) is 12.8 Å². The van der Waals surface area contributed by atoms with Gasteiger partial charge in [0.1, 0.15) is 0 Å². The Morgan fingerprint density at radius 2 is 0.565 bits per heavy atom. The lowest BCUT2D eigenvalue weighted by atomic mass is 10.0. The van der Waals surface area contributed by atoms with Crippen molar-refractivity contribution in [1.29, 1.82) is 0 Å². The maximum Gasteiger partial charge on any atom is 0.0739 e. The Hall–Kier alpha value is -0.0400. The molecule has 0 aromatic heterocycles. The van der Waals surface area contributed by atoms with E-state index in [2.05, 4.69) is 12.7 Å². The molecule has 0 rings (SSSR count). The minimum atomic E-state index is 1.12. The molecule has 0 radical (unpaired) electrons. The molecule has 0 aliphatic rings. The van der Waals surface area contributed by atoms with Crippen molar-refractivity contribution in [2.24, 2.45) is 0 Å².